The highest BCUT2D eigenvalue weighted by atomic mass is 16.3. The zero-order valence-corrected chi connectivity index (χ0v) is 8.77. The van der Waals surface area contributed by atoms with Crippen molar-refractivity contribution < 1.29 is 10.2 Å². The van der Waals surface area contributed by atoms with Gasteiger partial charge >= 0.3 is 0 Å². The minimum absolute atomic E-state index is 0.175. The Balaban J connectivity index is 2.78. The third-order valence-corrected chi connectivity index (χ3v) is 2.62. The Labute approximate surface area is 85.2 Å². The number of aliphatic hydroxyl groups is 2. The first-order valence-corrected chi connectivity index (χ1v) is 5.00. The highest BCUT2D eigenvalue weighted by molar-refractivity contribution is 5.27. The SMILES string of the molecule is C[C@H](CO)c1ccc([C@H](C)CO)cc1. The van der Waals surface area contributed by atoms with Crippen LogP contribution in [0.1, 0.15) is 36.8 Å². The minimum atomic E-state index is 0.175. The Morgan fingerprint density at radius 2 is 1.14 bits per heavy atom. The molecule has 0 spiro atoms. The molecule has 0 amide bonds. The van der Waals surface area contributed by atoms with Gasteiger partial charge in [-0.05, 0) is 11.1 Å². The maximum atomic E-state index is 8.97. The number of benzene rings is 1. The fourth-order valence-corrected chi connectivity index (χ4v) is 1.36. The molecule has 2 atom stereocenters. The lowest BCUT2D eigenvalue weighted by Gasteiger charge is -2.11. The molecule has 0 saturated carbocycles. The normalized spacial score (nSPS) is 15.1. The van der Waals surface area contributed by atoms with Crippen molar-refractivity contribution >= 4 is 0 Å². The number of rotatable bonds is 4. The van der Waals surface area contributed by atoms with Gasteiger partial charge < -0.3 is 10.2 Å². The third-order valence-electron chi connectivity index (χ3n) is 2.62. The van der Waals surface area contributed by atoms with Crippen molar-refractivity contribution in [2.75, 3.05) is 13.2 Å². The lowest BCUT2D eigenvalue weighted by Crippen LogP contribution is -2.01. The predicted octanol–water partition coefficient (Wildman–Crippen LogP) is 1.88. The molecule has 78 valence electrons. The lowest BCUT2D eigenvalue weighted by atomic mass is 9.96. The van der Waals surface area contributed by atoms with Crippen molar-refractivity contribution in [3.63, 3.8) is 0 Å². The molecule has 0 aliphatic carbocycles. The summed E-state index contributed by atoms with van der Waals surface area (Å²) in [5, 5.41) is 17.9. The Hall–Kier alpha value is -0.860. The second-order valence-electron chi connectivity index (χ2n) is 3.83. The van der Waals surface area contributed by atoms with Crippen LogP contribution in [0.4, 0.5) is 0 Å². The molecular formula is C12H18O2. The molecule has 2 heteroatoms. The van der Waals surface area contributed by atoms with E-state index in [0.717, 1.165) is 11.1 Å². The topological polar surface area (TPSA) is 40.5 Å². The van der Waals surface area contributed by atoms with Gasteiger partial charge in [0, 0.05) is 25.0 Å². The molecule has 0 unspecified atom stereocenters. The van der Waals surface area contributed by atoms with Crippen molar-refractivity contribution in [1.29, 1.82) is 0 Å². The van der Waals surface area contributed by atoms with E-state index in [0.29, 0.717) is 0 Å². The molecule has 1 aromatic carbocycles. The quantitative estimate of drug-likeness (QED) is 0.768. The molecule has 0 aromatic heterocycles. The first-order chi connectivity index (χ1) is 6.69. The number of aliphatic hydroxyl groups excluding tert-OH is 2. The summed E-state index contributed by atoms with van der Waals surface area (Å²) >= 11 is 0. The first-order valence-electron chi connectivity index (χ1n) is 5.00. The summed E-state index contributed by atoms with van der Waals surface area (Å²) in [4.78, 5) is 0. The molecule has 0 saturated heterocycles. The molecule has 0 aliphatic rings. The summed E-state index contributed by atoms with van der Waals surface area (Å²) in [6, 6.07) is 8.06. The number of hydrogen-bond donors (Lipinski definition) is 2. The molecule has 1 rings (SSSR count). The highest BCUT2D eigenvalue weighted by Gasteiger charge is 2.06. The van der Waals surface area contributed by atoms with Gasteiger partial charge in [-0.1, -0.05) is 38.1 Å². The Morgan fingerprint density at radius 1 is 0.857 bits per heavy atom. The van der Waals surface area contributed by atoms with E-state index in [4.69, 9.17) is 10.2 Å². The zero-order chi connectivity index (χ0) is 10.6. The fourth-order valence-electron chi connectivity index (χ4n) is 1.36. The van der Waals surface area contributed by atoms with Gasteiger partial charge in [-0.25, -0.2) is 0 Å². The van der Waals surface area contributed by atoms with Crippen molar-refractivity contribution in [3.8, 4) is 0 Å². The van der Waals surface area contributed by atoms with Gasteiger partial charge in [0.2, 0.25) is 0 Å². The van der Waals surface area contributed by atoms with Crippen molar-refractivity contribution in [2.24, 2.45) is 0 Å². The summed E-state index contributed by atoms with van der Waals surface area (Å²) in [5.41, 5.74) is 2.28. The smallest absolute Gasteiger partial charge is 0.0497 e. The van der Waals surface area contributed by atoms with Gasteiger partial charge in [0.15, 0.2) is 0 Å². The van der Waals surface area contributed by atoms with Gasteiger partial charge in [-0.2, -0.15) is 0 Å². The standard InChI is InChI=1S/C12H18O2/c1-9(7-13)11-3-5-12(6-4-11)10(2)8-14/h3-6,9-10,13-14H,7-8H2,1-2H3/t9-,10-/m1/s1. The van der Waals surface area contributed by atoms with Crippen LogP contribution in [-0.4, -0.2) is 23.4 Å². The molecule has 0 heterocycles. The molecule has 2 nitrogen and oxygen atoms in total. The van der Waals surface area contributed by atoms with Crippen LogP contribution in [0.15, 0.2) is 24.3 Å². The molecule has 0 radical (unpaired) electrons. The van der Waals surface area contributed by atoms with Gasteiger partial charge in [0.1, 0.15) is 0 Å². The van der Waals surface area contributed by atoms with Crippen molar-refractivity contribution in [3.05, 3.63) is 35.4 Å². The van der Waals surface area contributed by atoms with Crippen LogP contribution in [0.5, 0.6) is 0 Å². The van der Waals surface area contributed by atoms with E-state index in [1.54, 1.807) is 0 Å². The predicted molar refractivity (Wildman–Crippen MR) is 57.4 cm³/mol. The van der Waals surface area contributed by atoms with E-state index in [1.807, 2.05) is 38.1 Å². The molecule has 0 fully saturated rings. The molecular weight excluding hydrogens is 176 g/mol. The third kappa shape index (κ3) is 2.56. The summed E-state index contributed by atoms with van der Waals surface area (Å²) in [6.45, 7) is 4.33. The maximum absolute atomic E-state index is 8.97. The first kappa shape index (κ1) is 11.2. The zero-order valence-electron chi connectivity index (χ0n) is 8.77. The van der Waals surface area contributed by atoms with E-state index in [-0.39, 0.29) is 25.0 Å². The minimum Gasteiger partial charge on any atom is -0.396 e. The van der Waals surface area contributed by atoms with Crippen LogP contribution in [0.2, 0.25) is 0 Å². The fraction of sp³-hybridized carbons (Fsp3) is 0.500. The second-order valence-corrected chi connectivity index (χ2v) is 3.83. The van der Waals surface area contributed by atoms with Crippen LogP contribution in [0.3, 0.4) is 0 Å². The van der Waals surface area contributed by atoms with Gasteiger partial charge in [-0.15, -0.1) is 0 Å². The summed E-state index contributed by atoms with van der Waals surface area (Å²) < 4.78 is 0. The van der Waals surface area contributed by atoms with Gasteiger partial charge in [-0.3, -0.25) is 0 Å². The highest BCUT2D eigenvalue weighted by Crippen LogP contribution is 2.19. The van der Waals surface area contributed by atoms with Crippen LogP contribution < -0.4 is 0 Å². The molecule has 0 bridgehead atoms. The monoisotopic (exact) mass is 194 g/mol. The van der Waals surface area contributed by atoms with E-state index in [9.17, 15) is 0 Å². The molecule has 0 aliphatic heterocycles. The van der Waals surface area contributed by atoms with Crippen LogP contribution in [-0.2, 0) is 0 Å². The average Bonchev–Trinajstić information content (AvgIpc) is 2.27. The van der Waals surface area contributed by atoms with Crippen molar-refractivity contribution in [1.82, 2.24) is 0 Å². The molecule has 1 aromatic rings. The molecule has 14 heavy (non-hydrogen) atoms. The summed E-state index contributed by atoms with van der Waals surface area (Å²) in [6.07, 6.45) is 0. The largest absolute Gasteiger partial charge is 0.396 e. The Bertz CT molecular complexity index is 237. The van der Waals surface area contributed by atoms with Crippen LogP contribution in [0.25, 0.3) is 0 Å². The van der Waals surface area contributed by atoms with Crippen LogP contribution in [0, 0.1) is 0 Å². The van der Waals surface area contributed by atoms with Gasteiger partial charge in [0.05, 0.1) is 0 Å². The van der Waals surface area contributed by atoms with Crippen molar-refractivity contribution in [2.45, 2.75) is 25.7 Å². The lowest BCUT2D eigenvalue weighted by molar-refractivity contribution is 0.271. The van der Waals surface area contributed by atoms with E-state index in [1.165, 1.54) is 0 Å². The summed E-state index contributed by atoms with van der Waals surface area (Å²) in [7, 11) is 0. The second kappa shape index (κ2) is 5.13. The summed E-state index contributed by atoms with van der Waals surface area (Å²) in [5.74, 6) is 0.377. The Kier molecular flexibility index (Phi) is 4.11. The van der Waals surface area contributed by atoms with Gasteiger partial charge in [0.25, 0.3) is 0 Å². The van der Waals surface area contributed by atoms with E-state index < -0.39 is 0 Å². The number of hydrogen-bond acceptors (Lipinski definition) is 2. The maximum Gasteiger partial charge on any atom is 0.0497 e. The van der Waals surface area contributed by atoms with E-state index >= 15 is 0 Å². The average molecular weight is 194 g/mol. The van der Waals surface area contributed by atoms with E-state index in [2.05, 4.69) is 0 Å². The van der Waals surface area contributed by atoms with Crippen LogP contribution >= 0.6 is 0 Å². The molecule has 2 N–H and O–H groups in total. The Morgan fingerprint density at radius 3 is 1.36 bits per heavy atom.